The first-order chi connectivity index (χ1) is 10.0. The summed E-state index contributed by atoms with van der Waals surface area (Å²) >= 11 is 1.36. The summed E-state index contributed by atoms with van der Waals surface area (Å²) < 4.78 is 37.6. The number of pyridine rings is 1. The average Bonchev–Trinajstić information content (AvgIpc) is 2.47. The molecule has 3 aromatic rings. The fraction of sp³-hybridized carbons (Fsp3) is 0.0625. The Morgan fingerprint density at radius 1 is 0.857 bits per heavy atom. The molecule has 0 aliphatic carbocycles. The molecule has 5 heteroatoms. The molecular formula is C16H10F3NS. The Morgan fingerprint density at radius 2 is 1.57 bits per heavy atom. The molecular weight excluding hydrogens is 295 g/mol. The molecule has 0 bridgehead atoms. The Kier molecular flexibility index (Phi) is 3.59. The van der Waals surface area contributed by atoms with Gasteiger partial charge < -0.3 is 0 Å². The van der Waals surface area contributed by atoms with Gasteiger partial charge in [0.15, 0.2) is 0 Å². The van der Waals surface area contributed by atoms with Crippen molar-refractivity contribution in [3.63, 3.8) is 0 Å². The maximum absolute atomic E-state index is 12.5. The van der Waals surface area contributed by atoms with Crippen molar-refractivity contribution in [3.05, 3.63) is 66.4 Å². The van der Waals surface area contributed by atoms with Gasteiger partial charge in [-0.3, -0.25) is 0 Å². The van der Waals surface area contributed by atoms with E-state index in [-0.39, 0.29) is 0 Å². The zero-order valence-electron chi connectivity index (χ0n) is 10.8. The maximum Gasteiger partial charge on any atom is 0.416 e. The largest absolute Gasteiger partial charge is 0.416 e. The van der Waals surface area contributed by atoms with Gasteiger partial charge in [0.05, 0.1) is 5.56 Å². The number of benzene rings is 2. The summed E-state index contributed by atoms with van der Waals surface area (Å²) in [7, 11) is 0. The Hall–Kier alpha value is -2.01. The summed E-state index contributed by atoms with van der Waals surface area (Å²) in [6.45, 7) is 0. The number of hydrogen-bond donors (Lipinski definition) is 0. The summed E-state index contributed by atoms with van der Waals surface area (Å²) in [5, 5.41) is 2.83. The quantitative estimate of drug-likeness (QED) is 0.628. The lowest BCUT2D eigenvalue weighted by Gasteiger charge is -2.08. The summed E-state index contributed by atoms with van der Waals surface area (Å²) in [5.74, 6) is 0. The van der Waals surface area contributed by atoms with E-state index < -0.39 is 11.7 Å². The van der Waals surface area contributed by atoms with Crippen LogP contribution in [0.25, 0.3) is 10.8 Å². The molecule has 106 valence electrons. The van der Waals surface area contributed by atoms with E-state index in [1.807, 2.05) is 30.3 Å². The van der Waals surface area contributed by atoms with E-state index in [2.05, 4.69) is 4.98 Å². The van der Waals surface area contributed by atoms with Gasteiger partial charge in [0, 0.05) is 16.5 Å². The van der Waals surface area contributed by atoms with Gasteiger partial charge in [-0.2, -0.15) is 13.2 Å². The Morgan fingerprint density at radius 3 is 2.29 bits per heavy atom. The van der Waals surface area contributed by atoms with Crippen LogP contribution in [0.15, 0.2) is 70.7 Å². The molecule has 21 heavy (non-hydrogen) atoms. The van der Waals surface area contributed by atoms with Crippen LogP contribution in [0.5, 0.6) is 0 Å². The molecule has 0 spiro atoms. The van der Waals surface area contributed by atoms with Crippen LogP contribution in [0.4, 0.5) is 13.2 Å². The first-order valence-corrected chi connectivity index (χ1v) is 7.04. The molecule has 1 heterocycles. The van der Waals surface area contributed by atoms with Crippen LogP contribution < -0.4 is 0 Å². The first-order valence-electron chi connectivity index (χ1n) is 6.23. The van der Waals surface area contributed by atoms with Crippen LogP contribution in [-0.2, 0) is 6.18 Å². The normalized spacial score (nSPS) is 11.8. The van der Waals surface area contributed by atoms with E-state index >= 15 is 0 Å². The Bertz CT molecular complexity index is 761. The Labute approximate surface area is 123 Å². The summed E-state index contributed by atoms with van der Waals surface area (Å²) in [6.07, 6.45) is -2.60. The molecule has 0 radical (unpaired) electrons. The summed E-state index contributed by atoms with van der Waals surface area (Å²) in [4.78, 5) is 5.04. The van der Waals surface area contributed by atoms with E-state index in [4.69, 9.17) is 0 Å². The SMILES string of the molecule is FC(F)(F)c1ccc(Sc2nccc3ccccc23)cc1. The lowest BCUT2D eigenvalue weighted by molar-refractivity contribution is -0.137. The highest BCUT2D eigenvalue weighted by Crippen LogP contribution is 2.34. The van der Waals surface area contributed by atoms with Crippen LogP contribution in [-0.4, -0.2) is 4.98 Å². The molecule has 0 saturated carbocycles. The van der Waals surface area contributed by atoms with Crippen molar-refractivity contribution >= 4 is 22.5 Å². The highest BCUT2D eigenvalue weighted by Gasteiger charge is 2.29. The number of alkyl halides is 3. The molecule has 0 aliphatic heterocycles. The van der Waals surface area contributed by atoms with Crippen LogP contribution in [0.3, 0.4) is 0 Å². The van der Waals surface area contributed by atoms with E-state index in [0.717, 1.165) is 32.8 Å². The first kappa shape index (κ1) is 13.9. The highest BCUT2D eigenvalue weighted by molar-refractivity contribution is 7.99. The fourth-order valence-electron chi connectivity index (χ4n) is 2.00. The molecule has 0 N–H and O–H groups in total. The predicted molar refractivity (Wildman–Crippen MR) is 77.3 cm³/mol. The number of aromatic nitrogens is 1. The Balaban J connectivity index is 1.92. The topological polar surface area (TPSA) is 12.9 Å². The van der Waals surface area contributed by atoms with Crippen molar-refractivity contribution in [2.45, 2.75) is 16.1 Å². The highest BCUT2D eigenvalue weighted by atomic mass is 32.2. The lowest BCUT2D eigenvalue weighted by atomic mass is 10.2. The fourth-order valence-corrected chi connectivity index (χ4v) is 2.90. The summed E-state index contributed by atoms with van der Waals surface area (Å²) in [6, 6.07) is 14.8. The predicted octanol–water partition coefficient (Wildman–Crippen LogP) is 5.40. The second-order valence-electron chi connectivity index (χ2n) is 4.46. The third-order valence-electron chi connectivity index (χ3n) is 3.03. The molecule has 2 aromatic carbocycles. The van der Waals surface area contributed by atoms with Gasteiger partial charge in [-0.1, -0.05) is 36.0 Å². The van der Waals surface area contributed by atoms with E-state index in [1.165, 1.54) is 23.9 Å². The number of hydrogen-bond acceptors (Lipinski definition) is 2. The summed E-state index contributed by atoms with van der Waals surface area (Å²) in [5.41, 5.74) is -0.641. The minimum atomic E-state index is -4.30. The molecule has 0 amide bonds. The van der Waals surface area contributed by atoms with Gasteiger partial charge in [-0.25, -0.2) is 4.98 Å². The average molecular weight is 305 g/mol. The zero-order chi connectivity index (χ0) is 14.9. The molecule has 0 unspecified atom stereocenters. The van der Waals surface area contributed by atoms with Gasteiger partial charge >= 0.3 is 6.18 Å². The van der Waals surface area contributed by atoms with Crippen molar-refractivity contribution in [3.8, 4) is 0 Å². The minimum Gasteiger partial charge on any atom is -0.249 e. The molecule has 1 nitrogen and oxygen atoms in total. The third-order valence-corrected chi connectivity index (χ3v) is 4.06. The maximum atomic E-state index is 12.5. The molecule has 0 fully saturated rings. The van der Waals surface area contributed by atoms with Gasteiger partial charge in [-0.05, 0) is 35.7 Å². The molecule has 0 aliphatic rings. The van der Waals surface area contributed by atoms with Gasteiger partial charge in [0.25, 0.3) is 0 Å². The van der Waals surface area contributed by atoms with Crippen LogP contribution in [0, 0.1) is 0 Å². The number of rotatable bonds is 2. The zero-order valence-corrected chi connectivity index (χ0v) is 11.6. The van der Waals surface area contributed by atoms with Gasteiger partial charge in [-0.15, -0.1) is 0 Å². The molecule has 0 saturated heterocycles. The van der Waals surface area contributed by atoms with Crippen molar-refractivity contribution in [2.24, 2.45) is 0 Å². The van der Waals surface area contributed by atoms with E-state index in [0.29, 0.717) is 0 Å². The van der Waals surface area contributed by atoms with Crippen molar-refractivity contribution < 1.29 is 13.2 Å². The lowest BCUT2D eigenvalue weighted by Crippen LogP contribution is -2.03. The van der Waals surface area contributed by atoms with E-state index in [9.17, 15) is 13.2 Å². The molecule has 0 atom stereocenters. The van der Waals surface area contributed by atoms with Crippen molar-refractivity contribution in [1.29, 1.82) is 0 Å². The smallest absolute Gasteiger partial charge is 0.249 e. The van der Waals surface area contributed by atoms with Gasteiger partial charge in [0.2, 0.25) is 0 Å². The number of fused-ring (bicyclic) bond motifs is 1. The van der Waals surface area contributed by atoms with Crippen LogP contribution in [0.1, 0.15) is 5.56 Å². The molecule has 1 aromatic heterocycles. The third kappa shape index (κ3) is 3.03. The number of halogens is 3. The monoisotopic (exact) mass is 305 g/mol. The van der Waals surface area contributed by atoms with Crippen molar-refractivity contribution in [1.82, 2.24) is 4.98 Å². The number of nitrogens with zero attached hydrogens (tertiary/aromatic N) is 1. The van der Waals surface area contributed by atoms with E-state index in [1.54, 1.807) is 6.20 Å². The van der Waals surface area contributed by atoms with Crippen molar-refractivity contribution in [2.75, 3.05) is 0 Å². The minimum absolute atomic E-state index is 0.641. The van der Waals surface area contributed by atoms with Crippen LogP contribution in [0.2, 0.25) is 0 Å². The molecule has 3 rings (SSSR count). The second-order valence-corrected chi connectivity index (χ2v) is 5.52. The standard InChI is InChI=1S/C16H10F3NS/c17-16(18,19)12-5-7-13(8-6-12)21-15-14-4-2-1-3-11(14)9-10-20-15/h1-10H. The van der Waals surface area contributed by atoms with Gasteiger partial charge in [0.1, 0.15) is 5.03 Å². The second kappa shape index (κ2) is 5.41. The van der Waals surface area contributed by atoms with Crippen LogP contribution >= 0.6 is 11.8 Å².